The molecule has 39 heavy (non-hydrogen) atoms. The minimum atomic E-state index is -0.415. The lowest BCUT2D eigenvalue weighted by molar-refractivity contribution is 0.111. The van der Waals surface area contributed by atoms with Gasteiger partial charge in [-0.25, -0.2) is 4.79 Å². The molecule has 2 fully saturated rings. The van der Waals surface area contributed by atoms with Gasteiger partial charge in [0.05, 0.1) is 12.3 Å². The van der Waals surface area contributed by atoms with E-state index in [9.17, 15) is 4.79 Å². The van der Waals surface area contributed by atoms with Gasteiger partial charge in [-0.3, -0.25) is 0 Å². The van der Waals surface area contributed by atoms with Crippen molar-refractivity contribution in [2.75, 3.05) is 13.2 Å². The highest BCUT2D eigenvalue weighted by atomic mass is 16.5. The second-order valence-corrected chi connectivity index (χ2v) is 11.8. The summed E-state index contributed by atoms with van der Waals surface area (Å²) in [5.74, 6) is 3.64. The molecule has 2 aliphatic carbocycles. The summed E-state index contributed by atoms with van der Waals surface area (Å²) < 4.78 is 17.6. The van der Waals surface area contributed by atoms with Gasteiger partial charge in [0.2, 0.25) is 0 Å². The first kappa shape index (κ1) is 27.4. The third kappa shape index (κ3) is 7.72. The van der Waals surface area contributed by atoms with E-state index in [0.29, 0.717) is 31.6 Å². The summed E-state index contributed by atoms with van der Waals surface area (Å²) in [4.78, 5) is 12.6. The van der Waals surface area contributed by atoms with E-state index in [1.165, 1.54) is 37.7 Å². The number of ether oxygens (including phenoxy) is 2. The zero-order chi connectivity index (χ0) is 27.0. The van der Waals surface area contributed by atoms with E-state index in [1.807, 2.05) is 48.5 Å². The number of carbonyl (C=O) groups is 1. The summed E-state index contributed by atoms with van der Waals surface area (Å²) in [5, 5.41) is 7.65. The molecule has 0 saturated heterocycles. The first-order valence-electron chi connectivity index (χ1n) is 14.6. The number of nitrogens with zero attached hydrogens (tertiary/aromatic N) is 1. The van der Waals surface area contributed by atoms with Crippen molar-refractivity contribution in [2.45, 2.75) is 83.3 Å². The molecule has 1 atom stereocenters. The summed E-state index contributed by atoms with van der Waals surface area (Å²) in [7, 11) is 0. The van der Waals surface area contributed by atoms with Gasteiger partial charge >= 0.3 is 6.09 Å². The van der Waals surface area contributed by atoms with Crippen LogP contribution in [0.2, 0.25) is 0 Å². The van der Waals surface area contributed by atoms with Gasteiger partial charge in [-0.2, -0.15) is 0 Å². The van der Waals surface area contributed by atoms with Crippen molar-refractivity contribution >= 4 is 6.09 Å². The van der Waals surface area contributed by atoms with Crippen LogP contribution in [0, 0.1) is 11.8 Å². The SMILES string of the molecule is CC(C)C[C@H]1C[C@@H](c2onc([C@H](CCOCc3ccccc3)CNC(=O)OCc3ccccc3)c2C2CC2)C1. The standard InChI is InChI=1S/C33H42N2O4/c1-23(2)17-26-18-29(19-26)32-30(27-13-14-27)31(35-39-32)28(15-16-37-21-24-9-5-3-6-10-24)20-34-33(36)38-22-25-11-7-4-8-12-25/h3-12,23,26-29H,13-22H2,1-2H3,(H,34,36)/t26-,28-,29+/m1/s1. The van der Waals surface area contributed by atoms with Crippen LogP contribution in [0.25, 0.3) is 0 Å². The van der Waals surface area contributed by atoms with E-state index in [-0.39, 0.29) is 12.5 Å². The molecule has 208 valence electrons. The Bertz CT molecular complexity index is 1170. The average molecular weight is 531 g/mol. The second kappa shape index (κ2) is 13.3. The lowest BCUT2D eigenvalue weighted by Gasteiger charge is -2.35. The van der Waals surface area contributed by atoms with Crippen molar-refractivity contribution in [3.8, 4) is 0 Å². The molecular formula is C33H42N2O4. The number of nitrogens with one attached hydrogen (secondary N) is 1. The Balaban J connectivity index is 1.23. The third-order valence-corrected chi connectivity index (χ3v) is 8.00. The van der Waals surface area contributed by atoms with Gasteiger partial charge in [-0.15, -0.1) is 0 Å². The molecule has 0 aliphatic heterocycles. The van der Waals surface area contributed by atoms with Crippen LogP contribution in [0.3, 0.4) is 0 Å². The van der Waals surface area contributed by atoms with Crippen molar-refractivity contribution in [1.82, 2.24) is 10.5 Å². The fraction of sp³-hybridized carbons (Fsp3) is 0.515. The first-order chi connectivity index (χ1) is 19.1. The summed E-state index contributed by atoms with van der Waals surface area (Å²) in [6, 6.07) is 19.9. The molecule has 0 radical (unpaired) electrons. The molecule has 1 amide bonds. The minimum absolute atomic E-state index is 0.00434. The predicted molar refractivity (Wildman–Crippen MR) is 151 cm³/mol. The minimum Gasteiger partial charge on any atom is -0.445 e. The molecule has 1 aromatic heterocycles. The maximum Gasteiger partial charge on any atom is 0.407 e. The van der Waals surface area contributed by atoms with Gasteiger partial charge in [-0.05, 0) is 67.4 Å². The van der Waals surface area contributed by atoms with Gasteiger partial charge in [0.25, 0.3) is 0 Å². The quantitative estimate of drug-likeness (QED) is 0.216. The van der Waals surface area contributed by atoms with E-state index in [2.05, 4.69) is 36.5 Å². The van der Waals surface area contributed by atoms with Gasteiger partial charge in [0, 0.05) is 30.6 Å². The molecule has 2 saturated carbocycles. The van der Waals surface area contributed by atoms with Crippen LogP contribution in [0.1, 0.15) is 98.3 Å². The highest BCUT2D eigenvalue weighted by Gasteiger charge is 2.41. The first-order valence-corrected chi connectivity index (χ1v) is 14.6. The van der Waals surface area contributed by atoms with Crippen molar-refractivity contribution in [1.29, 1.82) is 0 Å². The molecular weight excluding hydrogens is 488 g/mol. The molecule has 6 heteroatoms. The largest absolute Gasteiger partial charge is 0.445 e. The highest BCUT2D eigenvalue weighted by Crippen LogP contribution is 2.52. The summed E-state index contributed by atoms with van der Waals surface area (Å²) >= 11 is 0. The number of alkyl carbamates (subject to hydrolysis) is 1. The van der Waals surface area contributed by atoms with Gasteiger partial charge in [0.15, 0.2) is 0 Å². The number of benzene rings is 2. The van der Waals surface area contributed by atoms with E-state index in [1.54, 1.807) is 0 Å². The average Bonchev–Trinajstić information content (AvgIpc) is 3.68. The van der Waals surface area contributed by atoms with Crippen LogP contribution >= 0.6 is 0 Å². The Morgan fingerprint density at radius 1 is 0.974 bits per heavy atom. The maximum absolute atomic E-state index is 12.6. The summed E-state index contributed by atoms with van der Waals surface area (Å²) in [6.07, 6.45) is 6.38. The van der Waals surface area contributed by atoms with Crippen LogP contribution in [0.5, 0.6) is 0 Å². The number of rotatable bonds is 14. The molecule has 3 aromatic rings. The van der Waals surface area contributed by atoms with Crippen LogP contribution in [-0.2, 0) is 22.7 Å². The van der Waals surface area contributed by atoms with Gasteiger partial charge in [0.1, 0.15) is 12.4 Å². The lowest BCUT2D eigenvalue weighted by Crippen LogP contribution is -2.30. The second-order valence-electron chi connectivity index (χ2n) is 11.8. The summed E-state index contributed by atoms with van der Waals surface area (Å²) in [5.41, 5.74) is 4.44. The molecule has 1 heterocycles. The van der Waals surface area contributed by atoms with Crippen LogP contribution in [-0.4, -0.2) is 24.4 Å². The van der Waals surface area contributed by atoms with Gasteiger partial charge in [-0.1, -0.05) is 79.7 Å². The monoisotopic (exact) mass is 530 g/mol. The molecule has 5 rings (SSSR count). The smallest absolute Gasteiger partial charge is 0.407 e. The Labute approximate surface area is 232 Å². The highest BCUT2D eigenvalue weighted by molar-refractivity contribution is 5.67. The Hall–Kier alpha value is -3.12. The number of amides is 1. The molecule has 0 unspecified atom stereocenters. The van der Waals surface area contributed by atoms with Crippen LogP contribution in [0.4, 0.5) is 4.79 Å². The topological polar surface area (TPSA) is 73.6 Å². The van der Waals surface area contributed by atoms with E-state index in [0.717, 1.165) is 40.8 Å². The van der Waals surface area contributed by atoms with Crippen molar-refractivity contribution in [3.05, 3.63) is 88.8 Å². The van der Waals surface area contributed by atoms with Crippen molar-refractivity contribution < 1.29 is 18.8 Å². The third-order valence-electron chi connectivity index (χ3n) is 8.00. The van der Waals surface area contributed by atoms with Crippen molar-refractivity contribution in [3.63, 3.8) is 0 Å². The van der Waals surface area contributed by atoms with E-state index < -0.39 is 6.09 Å². The Morgan fingerprint density at radius 2 is 1.64 bits per heavy atom. The lowest BCUT2D eigenvalue weighted by atomic mass is 9.69. The molecule has 0 bridgehead atoms. The molecule has 1 N–H and O–H groups in total. The Kier molecular flexibility index (Phi) is 9.36. The zero-order valence-electron chi connectivity index (χ0n) is 23.3. The number of hydrogen-bond acceptors (Lipinski definition) is 5. The van der Waals surface area contributed by atoms with Crippen molar-refractivity contribution in [2.24, 2.45) is 11.8 Å². The molecule has 6 nitrogen and oxygen atoms in total. The Morgan fingerprint density at radius 3 is 2.28 bits per heavy atom. The van der Waals surface area contributed by atoms with E-state index in [4.69, 9.17) is 14.0 Å². The normalized spacial score (nSPS) is 19.5. The van der Waals surface area contributed by atoms with Crippen LogP contribution in [0.15, 0.2) is 65.2 Å². The number of aromatic nitrogens is 1. The predicted octanol–water partition coefficient (Wildman–Crippen LogP) is 7.71. The van der Waals surface area contributed by atoms with Crippen LogP contribution < -0.4 is 5.32 Å². The molecule has 2 aliphatic rings. The van der Waals surface area contributed by atoms with Gasteiger partial charge < -0.3 is 19.3 Å². The maximum atomic E-state index is 12.6. The molecule has 2 aromatic carbocycles. The fourth-order valence-corrected chi connectivity index (χ4v) is 5.81. The van der Waals surface area contributed by atoms with E-state index >= 15 is 0 Å². The number of hydrogen-bond donors (Lipinski definition) is 1. The number of carbonyl (C=O) groups excluding carboxylic acids is 1. The molecule has 0 spiro atoms. The zero-order valence-corrected chi connectivity index (χ0v) is 23.3. The fourth-order valence-electron chi connectivity index (χ4n) is 5.81. The summed E-state index contributed by atoms with van der Waals surface area (Å²) in [6.45, 7) is 6.44.